The maximum Gasteiger partial charge on any atom is 0.318 e. The average molecular weight is 283 g/mol. The largest absolute Gasteiger partial charge is 0.481 e. The fraction of sp³-hybridized carbons (Fsp3) is 0.769. The molecule has 2 fully saturated rings. The van der Waals surface area contributed by atoms with Gasteiger partial charge >= 0.3 is 12.0 Å². The van der Waals surface area contributed by atoms with Crippen LogP contribution in [0.1, 0.15) is 38.5 Å². The van der Waals surface area contributed by atoms with Gasteiger partial charge in [0.1, 0.15) is 6.04 Å². The van der Waals surface area contributed by atoms with Crippen molar-refractivity contribution in [3.63, 3.8) is 0 Å². The number of nitrogens with zero attached hydrogens (tertiary/aromatic N) is 1. The molecule has 0 aromatic carbocycles. The van der Waals surface area contributed by atoms with E-state index in [0.717, 1.165) is 12.8 Å². The Kier molecular flexibility index (Phi) is 4.15. The van der Waals surface area contributed by atoms with Crippen molar-refractivity contribution < 1.29 is 19.5 Å². The van der Waals surface area contributed by atoms with Gasteiger partial charge in [-0.15, -0.1) is 0 Å². The van der Waals surface area contributed by atoms with E-state index < -0.39 is 17.6 Å². The summed E-state index contributed by atoms with van der Waals surface area (Å²) in [5.74, 6) is -1.08. The lowest BCUT2D eigenvalue weighted by atomic mass is 9.74. The van der Waals surface area contributed by atoms with Crippen LogP contribution in [0.15, 0.2) is 0 Å². The van der Waals surface area contributed by atoms with Gasteiger partial charge in [-0.1, -0.05) is 0 Å². The van der Waals surface area contributed by atoms with Crippen LogP contribution in [0.4, 0.5) is 4.79 Å². The van der Waals surface area contributed by atoms with E-state index >= 15 is 0 Å². The van der Waals surface area contributed by atoms with Gasteiger partial charge in [-0.3, -0.25) is 9.59 Å². The number of hydrogen-bond acceptors (Lipinski definition) is 3. The quantitative estimate of drug-likeness (QED) is 0.691. The van der Waals surface area contributed by atoms with Crippen LogP contribution in [0.2, 0.25) is 0 Å². The second-order valence-electron chi connectivity index (χ2n) is 5.60. The van der Waals surface area contributed by atoms with E-state index in [1.807, 2.05) is 0 Å². The molecule has 112 valence electrons. The standard InChI is InChI=1S/C13H21N3O4/c1-14-11(19)9-4-2-7-16(9)12(20)15-13(5-3-6-13)8-10(17)18/h9H,2-8H2,1H3,(H,14,19)(H,15,20)(H,17,18). The summed E-state index contributed by atoms with van der Waals surface area (Å²) in [5.41, 5.74) is -0.626. The number of hydrogen-bond donors (Lipinski definition) is 3. The van der Waals surface area contributed by atoms with Crippen LogP contribution >= 0.6 is 0 Å². The molecule has 1 aliphatic heterocycles. The van der Waals surface area contributed by atoms with Crippen molar-refractivity contribution in [2.75, 3.05) is 13.6 Å². The second-order valence-corrected chi connectivity index (χ2v) is 5.60. The highest BCUT2D eigenvalue weighted by atomic mass is 16.4. The normalized spacial score (nSPS) is 23.9. The molecule has 0 bridgehead atoms. The van der Waals surface area contributed by atoms with Crippen LogP contribution < -0.4 is 10.6 Å². The zero-order valence-electron chi connectivity index (χ0n) is 11.6. The summed E-state index contributed by atoms with van der Waals surface area (Å²) in [4.78, 5) is 36.5. The number of nitrogens with one attached hydrogen (secondary N) is 2. The lowest BCUT2D eigenvalue weighted by Crippen LogP contribution is -2.59. The topological polar surface area (TPSA) is 98.7 Å². The smallest absolute Gasteiger partial charge is 0.318 e. The van der Waals surface area contributed by atoms with Crippen LogP contribution in [0.3, 0.4) is 0 Å². The molecule has 7 nitrogen and oxygen atoms in total. The van der Waals surface area contributed by atoms with Gasteiger partial charge in [0.25, 0.3) is 0 Å². The second kappa shape index (κ2) is 5.68. The molecule has 0 spiro atoms. The highest BCUT2D eigenvalue weighted by Crippen LogP contribution is 2.35. The van der Waals surface area contributed by atoms with Crippen molar-refractivity contribution in [2.24, 2.45) is 0 Å². The summed E-state index contributed by atoms with van der Waals surface area (Å²) in [5, 5.41) is 14.3. The van der Waals surface area contributed by atoms with Gasteiger partial charge in [0.15, 0.2) is 0 Å². The zero-order chi connectivity index (χ0) is 14.8. The summed E-state index contributed by atoms with van der Waals surface area (Å²) >= 11 is 0. The van der Waals surface area contributed by atoms with E-state index in [9.17, 15) is 14.4 Å². The Morgan fingerprint density at radius 2 is 2.00 bits per heavy atom. The van der Waals surface area contributed by atoms with Gasteiger partial charge in [0.2, 0.25) is 5.91 Å². The maximum atomic E-state index is 12.3. The first-order valence-corrected chi connectivity index (χ1v) is 7.00. The fourth-order valence-electron chi connectivity index (χ4n) is 2.99. The Morgan fingerprint density at radius 3 is 2.50 bits per heavy atom. The molecule has 2 rings (SSSR count). The number of likely N-dealkylation sites (N-methyl/N-ethyl adjacent to an activating group) is 1. The molecule has 1 aliphatic carbocycles. The van der Waals surface area contributed by atoms with Crippen LogP contribution in [0.5, 0.6) is 0 Å². The Hall–Kier alpha value is -1.79. The van der Waals surface area contributed by atoms with E-state index in [0.29, 0.717) is 25.8 Å². The van der Waals surface area contributed by atoms with Gasteiger partial charge < -0.3 is 20.6 Å². The first-order valence-electron chi connectivity index (χ1n) is 7.00. The number of carboxylic acid groups (broad SMARTS) is 1. The van der Waals surface area contributed by atoms with Crippen molar-refractivity contribution >= 4 is 17.9 Å². The molecular weight excluding hydrogens is 262 g/mol. The number of carboxylic acids is 1. The van der Waals surface area contributed by atoms with Crippen molar-refractivity contribution in [3.05, 3.63) is 0 Å². The van der Waals surface area contributed by atoms with E-state index in [1.165, 1.54) is 4.90 Å². The number of amides is 3. The molecule has 3 amide bonds. The average Bonchev–Trinajstić information content (AvgIpc) is 2.83. The number of likely N-dealkylation sites (tertiary alicyclic amines) is 1. The highest BCUT2D eigenvalue weighted by Gasteiger charge is 2.43. The molecule has 0 aromatic heterocycles. The number of carbonyl (C=O) groups excluding carboxylic acids is 2. The number of urea groups is 1. The van der Waals surface area contributed by atoms with E-state index in [-0.39, 0.29) is 18.4 Å². The summed E-state index contributed by atoms with van der Waals surface area (Å²) in [6.45, 7) is 0.535. The SMILES string of the molecule is CNC(=O)C1CCCN1C(=O)NC1(CC(=O)O)CCC1. The maximum absolute atomic E-state index is 12.3. The zero-order valence-corrected chi connectivity index (χ0v) is 11.6. The number of aliphatic carboxylic acids is 1. The summed E-state index contributed by atoms with van der Waals surface area (Å²) in [6, 6.07) is -0.765. The fourth-order valence-corrected chi connectivity index (χ4v) is 2.99. The molecule has 0 aromatic rings. The number of carbonyl (C=O) groups is 3. The van der Waals surface area contributed by atoms with Crippen LogP contribution in [0, 0.1) is 0 Å². The molecule has 20 heavy (non-hydrogen) atoms. The third-order valence-corrected chi connectivity index (χ3v) is 4.24. The third-order valence-electron chi connectivity index (χ3n) is 4.24. The molecule has 1 atom stereocenters. The minimum atomic E-state index is -0.908. The monoisotopic (exact) mass is 283 g/mol. The predicted molar refractivity (Wildman–Crippen MR) is 71.2 cm³/mol. The third kappa shape index (κ3) is 2.86. The lowest BCUT2D eigenvalue weighted by molar-refractivity contribution is -0.139. The van der Waals surface area contributed by atoms with Crippen molar-refractivity contribution in [2.45, 2.75) is 50.1 Å². The molecular formula is C13H21N3O4. The molecule has 7 heteroatoms. The highest BCUT2D eigenvalue weighted by molar-refractivity contribution is 5.88. The van der Waals surface area contributed by atoms with Crippen LogP contribution in [0.25, 0.3) is 0 Å². The first-order chi connectivity index (χ1) is 9.47. The van der Waals surface area contributed by atoms with Gasteiger partial charge in [-0.05, 0) is 32.1 Å². The van der Waals surface area contributed by atoms with E-state index in [2.05, 4.69) is 10.6 Å². The van der Waals surface area contributed by atoms with Gasteiger partial charge in [0, 0.05) is 13.6 Å². The minimum Gasteiger partial charge on any atom is -0.481 e. The molecule has 3 N–H and O–H groups in total. The molecule has 1 unspecified atom stereocenters. The van der Waals surface area contributed by atoms with Gasteiger partial charge in [-0.25, -0.2) is 4.79 Å². The van der Waals surface area contributed by atoms with E-state index in [4.69, 9.17) is 5.11 Å². The van der Waals surface area contributed by atoms with Gasteiger partial charge in [-0.2, -0.15) is 0 Å². The van der Waals surface area contributed by atoms with Crippen LogP contribution in [-0.4, -0.2) is 53.1 Å². The van der Waals surface area contributed by atoms with Crippen molar-refractivity contribution in [1.82, 2.24) is 15.5 Å². The van der Waals surface area contributed by atoms with E-state index in [1.54, 1.807) is 7.05 Å². The van der Waals surface area contributed by atoms with Gasteiger partial charge in [0.05, 0.1) is 12.0 Å². The summed E-state index contributed by atoms with van der Waals surface area (Å²) in [7, 11) is 1.55. The molecule has 2 aliphatic rings. The summed E-state index contributed by atoms with van der Waals surface area (Å²) < 4.78 is 0. The van der Waals surface area contributed by atoms with Crippen molar-refractivity contribution in [3.8, 4) is 0 Å². The Bertz CT molecular complexity index is 420. The molecule has 0 radical (unpaired) electrons. The minimum absolute atomic E-state index is 0.0583. The Balaban J connectivity index is 2.00. The summed E-state index contributed by atoms with van der Waals surface area (Å²) in [6.07, 6.45) is 3.67. The Morgan fingerprint density at radius 1 is 1.30 bits per heavy atom. The number of rotatable bonds is 4. The molecule has 1 heterocycles. The first kappa shape index (κ1) is 14.6. The predicted octanol–water partition coefficient (Wildman–Crippen LogP) is 0.304. The molecule has 1 saturated carbocycles. The lowest BCUT2D eigenvalue weighted by Gasteiger charge is -2.42. The van der Waals surface area contributed by atoms with Crippen molar-refractivity contribution in [1.29, 1.82) is 0 Å². The molecule has 1 saturated heterocycles. The van der Waals surface area contributed by atoms with Crippen LogP contribution in [-0.2, 0) is 9.59 Å². The Labute approximate surface area is 117 Å².